The Kier molecular flexibility index (Phi) is 3.63. The van der Waals surface area contributed by atoms with Crippen LogP contribution in [0.3, 0.4) is 0 Å². The molecule has 0 aliphatic heterocycles. The van der Waals surface area contributed by atoms with Gasteiger partial charge in [-0.25, -0.2) is 4.79 Å². The molecule has 0 fully saturated rings. The smallest absolute Gasteiger partial charge is 0.286 e. The maximum Gasteiger partial charge on any atom is 0.330 e. The fourth-order valence-corrected chi connectivity index (χ4v) is 3.36. The SMILES string of the molecule is Cc1c(C)c(C)c2c(c1C)n(C(C)(C)C)c(=O)n2C(C)(C)C. The van der Waals surface area contributed by atoms with Crippen molar-refractivity contribution >= 4 is 11.0 Å². The molecule has 0 saturated carbocycles. The van der Waals surface area contributed by atoms with Gasteiger partial charge in [-0.15, -0.1) is 0 Å². The molecule has 2 rings (SSSR count). The lowest BCUT2D eigenvalue weighted by Gasteiger charge is -2.23. The van der Waals surface area contributed by atoms with E-state index in [1.165, 1.54) is 22.3 Å². The molecule has 1 heterocycles. The normalized spacial score (nSPS) is 13.2. The van der Waals surface area contributed by atoms with Crippen LogP contribution >= 0.6 is 0 Å². The average molecular weight is 302 g/mol. The van der Waals surface area contributed by atoms with E-state index >= 15 is 0 Å². The van der Waals surface area contributed by atoms with Gasteiger partial charge in [0.05, 0.1) is 11.0 Å². The van der Waals surface area contributed by atoms with Crippen LogP contribution in [0.5, 0.6) is 0 Å². The van der Waals surface area contributed by atoms with E-state index in [2.05, 4.69) is 69.2 Å². The molecule has 0 unspecified atom stereocenters. The van der Waals surface area contributed by atoms with Gasteiger partial charge >= 0.3 is 5.69 Å². The van der Waals surface area contributed by atoms with Gasteiger partial charge in [0, 0.05) is 11.1 Å². The Morgan fingerprint density at radius 3 is 1.09 bits per heavy atom. The van der Waals surface area contributed by atoms with Gasteiger partial charge in [0.1, 0.15) is 0 Å². The van der Waals surface area contributed by atoms with Gasteiger partial charge in [0.15, 0.2) is 0 Å². The summed E-state index contributed by atoms with van der Waals surface area (Å²) in [4.78, 5) is 13.2. The van der Waals surface area contributed by atoms with Crippen LogP contribution in [0.2, 0.25) is 0 Å². The summed E-state index contributed by atoms with van der Waals surface area (Å²) >= 11 is 0. The molecule has 0 aliphatic carbocycles. The Labute approximate surface area is 134 Å². The molecule has 0 aliphatic rings. The number of aryl methyl sites for hydroxylation is 2. The summed E-state index contributed by atoms with van der Waals surface area (Å²) in [5, 5.41) is 0. The molecule has 1 aromatic carbocycles. The maximum atomic E-state index is 13.2. The highest BCUT2D eigenvalue weighted by atomic mass is 16.2. The van der Waals surface area contributed by atoms with E-state index in [1.54, 1.807) is 0 Å². The Bertz CT molecular complexity index is 740. The second kappa shape index (κ2) is 4.74. The average Bonchev–Trinajstić information content (AvgIpc) is 2.66. The van der Waals surface area contributed by atoms with Crippen LogP contribution in [-0.4, -0.2) is 9.13 Å². The zero-order valence-corrected chi connectivity index (χ0v) is 15.8. The second-order valence-electron chi connectivity index (χ2n) is 8.49. The van der Waals surface area contributed by atoms with Gasteiger partial charge in [-0.05, 0) is 91.5 Å². The Balaban J connectivity index is 3.26. The molecule has 0 spiro atoms. The van der Waals surface area contributed by atoms with Gasteiger partial charge in [-0.2, -0.15) is 0 Å². The first-order chi connectivity index (χ1) is 9.80. The number of benzene rings is 1. The molecule has 122 valence electrons. The van der Waals surface area contributed by atoms with E-state index < -0.39 is 0 Å². The molecule has 0 atom stereocenters. The Hall–Kier alpha value is -1.51. The van der Waals surface area contributed by atoms with Gasteiger partial charge in [-0.1, -0.05) is 0 Å². The number of imidazole rings is 1. The lowest BCUT2D eigenvalue weighted by molar-refractivity contribution is 0.350. The standard InChI is InChI=1S/C19H30N2O/c1-11-12(2)14(4)16-15(13(11)3)20(18(5,6)7)17(22)21(16)19(8,9)10/h1-10H3. The number of hydrogen-bond acceptors (Lipinski definition) is 1. The highest BCUT2D eigenvalue weighted by Crippen LogP contribution is 2.33. The molecule has 0 bridgehead atoms. The van der Waals surface area contributed by atoms with Crippen LogP contribution in [-0.2, 0) is 11.1 Å². The fourth-order valence-electron chi connectivity index (χ4n) is 3.36. The van der Waals surface area contributed by atoms with Crippen molar-refractivity contribution in [2.45, 2.75) is 80.3 Å². The number of aromatic nitrogens is 2. The third-order valence-electron chi connectivity index (χ3n) is 4.79. The van der Waals surface area contributed by atoms with Crippen molar-refractivity contribution in [2.24, 2.45) is 0 Å². The zero-order valence-electron chi connectivity index (χ0n) is 15.8. The zero-order chi connectivity index (χ0) is 17.2. The molecular formula is C19H30N2O. The number of fused-ring (bicyclic) bond motifs is 1. The van der Waals surface area contributed by atoms with E-state index in [0.29, 0.717) is 0 Å². The van der Waals surface area contributed by atoms with Gasteiger partial charge in [0.2, 0.25) is 0 Å². The topological polar surface area (TPSA) is 26.9 Å². The Morgan fingerprint density at radius 2 is 0.864 bits per heavy atom. The molecule has 0 N–H and O–H groups in total. The predicted molar refractivity (Wildman–Crippen MR) is 95.1 cm³/mol. The predicted octanol–water partition coefficient (Wildman–Crippen LogP) is 4.55. The van der Waals surface area contributed by atoms with Crippen molar-refractivity contribution in [3.63, 3.8) is 0 Å². The van der Waals surface area contributed by atoms with Crippen molar-refractivity contribution in [2.75, 3.05) is 0 Å². The highest BCUT2D eigenvalue weighted by Gasteiger charge is 2.30. The summed E-state index contributed by atoms with van der Waals surface area (Å²) in [7, 11) is 0. The first-order valence-corrected chi connectivity index (χ1v) is 8.05. The summed E-state index contributed by atoms with van der Waals surface area (Å²) in [6.07, 6.45) is 0. The van der Waals surface area contributed by atoms with Crippen LogP contribution in [0.1, 0.15) is 63.8 Å². The first-order valence-electron chi connectivity index (χ1n) is 8.05. The lowest BCUT2D eigenvalue weighted by Crippen LogP contribution is -2.39. The minimum atomic E-state index is -0.245. The molecule has 2 aromatic rings. The van der Waals surface area contributed by atoms with E-state index in [1.807, 2.05) is 9.13 Å². The molecule has 0 radical (unpaired) electrons. The van der Waals surface area contributed by atoms with E-state index in [4.69, 9.17) is 0 Å². The van der Waals surface area contributed by atoms with Crippen molar-refractivity contribution < 1.29 is 0 Å². The molecular weight excluding hydrogens is 272 g/mol. The Morgan fingerprint density at radius 1 is 0.591 bits per heavy atom. The van der Waals surface area contributed by atoms with Crippen molar-refractivity contribution in [3.05, 3.63) is 32.7 Å². The maximum absolute atomic E-state index is 13.2. The van der Waals surface area contributed by atoms with Crippen LogP contribution in [0.25, 0.3) is 11.0 Å². The molecule has 0 saturated heterocycles. The summed E-state index contributed by atoms with van der Waals surface area (Å²) < 4.78 is 3.95. The monoisotopic (exact) mass is 302 g/mol. The fraction of sp³-hybridized carbons (Fsp3) is 0.632. The van der Waals surface area contributed by atoms with E-state index in [0.717, 1.165) is 11.0 Å². The van der Waals surface area contributed by atoms with Gasteiger partial charge in [-0.3, -0.25) is 9.13 Å². The van der Waals surface area contributed by atoms with Gasteiger partial charge < -0.3 is 0 Å². The number of nitrogens with zero attached hydrogens (tertiary/aromatic N) is 2. The minimum absolute atomic E-state index is 0.0891. The summed E-state index contributed by atoms with van der Waals surface area (Å²) in [6, 6.07) is 0. The molecule has 1 aromatic heterocycles. The van der Waals surface area contributed by atoms with E-state index in [9.17, 15) is 4.79 Å². The van der Waals surface area contributed by atoms with Crippen molar-refractivity contribution in [1.29, 1.82) is 0 Å². The van der Waals surface area contributed by atoms with Crippen LogP contribution in [0, 0.1) is 27.7 Å². The minimum Gasteiger partial charge on any atom is -0.286 e. The number of rotatable bonds is 0. The van der Waals surface area contributed by atoms with Crippen molar-refractivity contribution in [3.8, 4) is 0 Å². The third-order valence-corrected chi connectivity index (χ3v) is 4.79. The largest absolute Gasteiger partial charge is 0.330 e. The molecule has 0 amide bonds. The van der Waals surface area contributed by atoms with E-state index in [-0.39, 0.29) is 16.8 Å². The second-order valence-corrected chi connectivity index (χ2v) is 8.49. The van der Waals surface area contributed by atoms with Crippen LogP contribution in [0.15, 0.2) is 4.79 Å². The first kappa shape index (κ1) is 16.9. The van der Waals surface area contributed by atoms with Crippen molar-refractivity contribution in [1.82, 2.24) is 9.13 Å². The molecule has 22 heavy (non-hydrogen) atoms. The molecule has 3 heteroatoms. The lowest BCUT2D eigenvalue weighted by atomic mass is 9.95. The highest BCUT2D eigenvalue weighted by molar-refractivity contribution is 5.86. The van der Waals surface area contributed by atoms with Crippen LogP contribution in [0.4, 0.5) is 0 Å². The van der Waals surface area contributed by atoms with Gasteiger partial charge in [0.25, 0.3) is 0 Å². The molecule has 3 nitrogen and oxygen atoms in total. The number of hydrogen-bond donors (Lipinski definition) is 0. The van der Waals surface area contributed by atoms with Crippen LogP contribution < -0.4 is 5.69 Å². The summed E-state index contributed by atoms with van der Waals surface area (Å²) in [5.74, 6) is 0. The third kappa shape index (κ3) is 2.22. The quantitative estimate of drug-likeness (QED) is 0.701. The summed E-state index contributed by atoms with van der Waals surface area (Å²) in [5.41, 5.74) is 6.78. The summed E-state index contributed by atoms with van der Waals surface area (Å²) in [6.45, 7) is 21.2.